The normalized spacial score (nSPS) is 12.0. The molecule has 0 aromatic carbocycles. The van der Waals surface area contributed by atoms with Gasteiger partial charge in [0, 0.05) is 45.7 Å². The molecule has 0 aliphatic carbocycles. The minimum atomic E-state index is 0.222. The van der Waals surface area contributed by atoms with E-state index in [1.165, 1.54) is 12.2 Å². The van der Waals surface area contributed by atoms with Crippen LogP contribution in [0.15, 0.2) is 0 Å². The largest absolute Gasteiger partial charge is 0.396 e. The molecule has 0 spiro atoms. The van der Waals surface area contributed by atoms with Gasteiger partial charge in [0.1, 0.15) is 0 Å². The number of rotatable bonds is 16. The van der Waals surface area contributed by atoms with Gasteiger partial charge < -0.3 is 15.3 Å². The number of aliphatic hydroxyl groups is 3. The second kappa shape index (κ2) is 16.1. The lowest BCUT2D eigenvalue weighted by atomic mass is 9.99. The maximum absolute atomic E-state index is 9.00. The predicted molar refractivity (Wildman–Crippen MR) is 103 cm³/mol. The smallest absolute Gasteiger partial charge is 0.0521 e. The van der Waals surface area contributed by atoms with Gasteiger partial charge in [-0.1, -0.05) is 6.92 Å². The Bertz CT molecular complexity index is 175. The van der Waals surface area contributed by atoms with Crippen LogP contribution < -0.4 is 0 Å². The third-order valence-corrected chi connectivity index (χ3v) is 8.06. The van der Waals surface area contributed by atoms with Gasteiger partial charge in [-0.2, -0.15) is 47.0 Å². The van der Waals surface area contributed by atoms with E-state index >= 15 is 0 Å². The van der Waals surface area contributed by atoms with E-state index in [4.69, 9.17) is 15.3 Å². The number of thioether (sulfide) groups is 4. The topological polar surface area (TPSA) is 60.7 Å². The molecule has 0 aromatic rings. The summed E-state index contributed by atoms with van der Waals surface area (Å²) >= 11 is 7.46. The molecule has 128 valence electrons. The van der Waals surface area contributed by atoms with Crippen molar-refractivity contribution >= 4 is 47.0 Å². The molecule has 0 atom stereocenters. The van der Waals surface area contributed by atoms with Crippen molar-refractivity contribution in [2.75, 3.05) is 65.8 Å². The SMILES string of the molecule is CCCSCC(CSCCO)(CSCCO)CSCCO. The summed E-state index contributed by atoms with van der Waals surface area (Å²) in [5, 5.41) is 27.0. The zero-order valence-corrected chi connectivity index (χ0v) is 16.2. The van der Waals surface area contributed by atoms with Gasteiger partial charge >= 0.3 is 0 Å². The minimum Gasteiger partial charge on any atom is -0.396 e. The van der Waals surface area contributed by atoms with Gasteiger partial charge in [-0.25, -0.2) is 0 Å². The Labute approximate surface area is 146 Å². The Balaban J connectivity index is 4.52. The van der Waals surface area contributed by atoms with Gasteiger partial charge in [-0.3, -0.25) is 0 Å². The predicted octanol–water partition coefficient (Wildman–Crippen LogP) is 2.29. The molecule has 0 aliphatic heterocycles. The van der Waals surface area contributed by atoms with Crippen LogP contribution in [0.2, 0.25) is 0 Å². The molecule has 0 saturated carbocycles. The summed E-state index contributed by atoms with van der Waals surface area (Å²) in [6, 6.07) is 0. The lowest BCUT2D eigenvalue weighted by Crippen LogP contribution is -2.34. The molecule has 0 fully saturated rings. The van der Waals surface area contributed by atoms with Gasteiger partial charge in [0.15, 0.2) is 0 Å². The van der Waals surface area contributed by atoms with Crippen LogP contribution in [0.25, 0.3) is 0 Å². The van der Waals surface area contributed by atoms with Crippen LogP contribution >= 0.6 is 47.0 Å². The van der Waals surface area contributed by atoms with Crippen molar-refractivity contribution in [1.82, 2.24) is 0 Å². The molecular weight excluding hydrogens is 344 g/mol. The molecule has 0 heterocycles. The summed E-state index contributed by atoms with van der Waals surface area (Å²) < 4.78 is 0. The van der Waals surface area contributed by atoms with Crippen molar-refractivity contribution in [2.45, 2.75) is 13.3 Å². The Kier molecular flexibility index (Phi) is 17.1. The lowest BCUT2D eigenvalue weighted by molar-refractivity contribution is 0.322. The summed E-state index contributed by atoms with van der Waals surface area (Å²) in [7, 11) is 0. The quantitative estimate of drug-likeness (QED) is 0.358. The van der Waals surface area contributed by atoms with E-state index in [1.807, 2.05) is 47.0 Å². The number of hydrogen-bond acceptors (Lipinski definition) is 7. The van der Waals surface area contributed by atoms with Gasteiger partial charge in [0.25, 0.3) is 0 Å². The monoisotopic (exact) mass is 374 g/mol. The van der Waals surface area contributed by atoms with E-state index in [2.05, 4.69) is 6.92 Å². The first kappa shape index (κ1) is 22.3. The first-order valence-electron chi connectivity index (χ1n) is 7.38. The molecule has 0 unspecified atom stereocenters. The Morgan fingerprint density at radius 1 is 0.619 bits per heavy atom. The number of aliphatic hydroxyl groups excluding tert-OH is 3. The first-order chi connectivity index (χ1) is 10.2. The van der Waals surface area contributed by atoms with Gasteiger partial charge in [0.2, 0.25) is 0 Å². The molecule has 0 aliphatic rings. The Hall–Kier alpha value is 1.28. The average Bonchev–Trinajstić information content (AvgIpc) is 2.48. The van der Waals surface area contributed by atoms with Crippen LogP contribution in [-0.4, -0.2) is 81.2 Å². The fraction of sp³-hybridized carbons (Fsp3) is 1.00. The molecular formula is C14H30O3S4. The van der Waals surface area contributed by atoms with E-state index in [-0.39, 0.29) is 25.2 Å². The van der Waals surface area contributed by atoms with Crippen LogP contribution in [0, 0.1) is 5.41 Å². The van der Waals surface area contributed by atoms with E-state index < -0.39 is 0 Å². The molecule has 3 nitrogen and oxygen atoms in total. The zero-order chi connectivity index (χ0) is 15.8. The van der Waals surface area contributed by atoms with E-state index in [9.17, 15) is 0 Å². The second-order valence-corrected chi connectivity index (χ2v) is 9.30. The van der Waals surface area contributed by atoms with Crippen LogP contribution in [0.5, 0.6) is 0 Å². The highest BCUT2D eigenvalue weighted by Gasteiger charge is 2.30. The third kappa shape index (κ3) is 12.4. The third-order valence-electron chi connectivity index (χ3n) is 2.69. The minimum absolute atomic E-state index is 0.222. The molecule has 3 N–H and O–H groups in total. The van der Waals surface area contributed by atoms with E-state index in [0.29, 0.717) is 0 Å². The maximum atomic E-state index is 9.00. The molecule has 0 radical (unpaired) electrons. The van der Waals surface area contributed by atoms with Crippen molar-refractivity contribution in [3.63, 3.8) is 0 Å². The van der Waals surface area contributed by atoms with Gasteiger partial charge in [0.05, 0.1) is 19.8 Å². The Morgan fingerprint density at radius 3 is 1.24 bits per heavy atom. The summed E-state index contributed by atoms with van der Waals surface area (Å²) in [5.74, 6) is 7.79. The number of hydrogen-bond donors (Lipinski definition) is 3. The van der Waals surface area contributed by atoms with Gasteiger partial charge in [-0.05, 0) is 12.2 Å². The van der Waals surface area contributed by atoms with Crippen LogP contribution in [-0.2, 0) is 0 Å². The van der Waals surface area contributed by atoms with E-state index in [0.717, 1.165) is 40.3 Å². The molecule has 0 rings (SSSR count). The van der Waals surface area contributed by atoms with Crippen molar-refractivity contribution < 1.29 is 15.3 Å². The fourth-order valence-electron chi connectivity index (χ4n) is 1.74. The molecule has 21 heavy (non-hydrogen) atoms. The molecule has 7 heteroatoms. The highest BCUT2D eigenvalue weighted by Crippen LogP contribution is 2.35. The van der Waals surface area contributed by atoms with Crippen LogP contribution in [0.3, 0.4) is 0 Å². The summed E-state index contributed by atoms with van der Waals surface area (Å²) in [4.78, 5) is 0. The van der Waals surface area contributed by atoms with Gasteiger partial charge in [-0.15, -0.1) is 0 Å². The Morgan fingerprint density at radius 2 is 0.952 bits per heavy atom. The highest BCUT2D eigenvalue weighted by molar-refractivity contribution is 8.02. The molecule has 0 saturated heterocycles. The highest BCUT2D eigenvalue weighted by atomic mass is 32.2. The summed E-state index contributed by atoms with van der Waals surface area (Å²) in [6.07, 6.45) is 1.19. The zero-order valence-electron chi connectivity index (χ0n) is 13.0. The van der Waals surface area contributed by atoms with Crippen molar-refractivity contribution in [1.29, 1.82) is 0 Å². The van der Waals surface area contributed by atoms with Crippen molar-refractivity contribution in [3.05, 3.63) is 0 Å². The average molecular weight is 375 g/mol. The van der Waals surface area contributed by atoms with Crippen LogP contribution in [0.4, 0.5) is 0 Å². The van der Waals surface area contributed by atoms with Crippen molar-refractivity contribution in [3.8, 4) is 0 Å². The standard InChI is InChI=1S/C14H30O3S4/c1-2-6-18-10-14(11-19-7-3-15,12-20-8-4-16)13-21-9-5-17/h15-17H,2-13H2,1H3. The second-order valence-electron chi connectivity index (χ2n) is 4.88. The molecule has 0 bridgehead atoms. The molecule has 0 aromatic heterocycles. The first-order valence-corrected chi connectivity index (χ1v) is 12.0. The van der Waals surface area contributed by atoms with Crippen LogP contribution in [0.1, 0.15) is 13.3 Å². The maximum Gasteiger partial charge on any atom is 0.0521 e. The lowest BCUT2D eigenvalue weighted by Gasteiger charge is -2.33. The fourth-order valence-corrected chi connectivity index (χ4v) is 6.73. The summed E-state index contributed by atoms with van der Waals surface area (Å²) in [5.41, 5.74) is 0.222. The molecule has 0 amide bonds. The van der Waals surface area contributed by atoms with Crippen molar-refractivity contribution in [2.24, 2.45) is 5.41 Å². The van der Waals surface area contributed by atoms with E-state index in [1.54, 1.807) is 0 Å². The summed E-state index contributed by atoms with van der Waals surface area (Å²) in [6.45, 7) is 2.90.